The first-order chi connectivity index (χ1) is 9.20. The van der Waals surface area contributed by atoms with Gasteiger partial charge in [0.05, 0.1) is 25.5 Å². The van der Waals surface area contributed by atoms with Gasteiger partial charge in [0.1, 0.15) is 5.75 Å². The minimum Gasteiger partial charge on any atom is -0.495 e. The molecule has 0 radical (unpaired) electrons. The number of hydrogen-bond acceptors (Lipinski definition) is 5. The van der Waals surface area contributed by atoms with Crippen LogP contribution in [0.5, 0.6) is 5.75 Å². The van der Waals surface area contributed by atoms with E-state index in [1.54, 1.807) is 7.11 Å². The summed E-state index contributed by atoms with van der Waals surface area (Å²) in [6.45, 7) is 1.10. The highest BCUT2D eigenvalue weighted by atomic mass is 16.5. The second-order valence-corrected chi connectivity index (χ2v) is 3.80. The van der Waals surface area contributed by atoms with E-state index in [4.69, 9.17) is 9.84 Å². The van der Waals surface area contributed by atoms with Crippen LogP contribution in [0.2, 0.25) is 0 Å². The minimum absolute atomic E-state index is 0.0581. The zero-order valence-electron chi connectivity index (χ0n) is 10.4. The third-order valence-corrected chi connectivity index (χ3v) is 2.52. The van der Waals surface area contributed by atoms with Crippen molar-refractivity contribution in [2.75, 3.05) is 19.0 Å². The largest absolute Gasteiger partial charge is 0.495 e. The monoisotopic (exact) mass is 262 g/mol. The molecule has 19 heavy (non-hydrogen) atoms. The molecule has 0 aliphatic rings. The van der Waals surface area contributed by atoms with E-state index in [1.807, 2.05) is 24.3 Å². The molecule has 0 aliphatic heterocycles. The molecule has 1 aromatic heterocycles. The lowest BCUT2D eigenvalue weighted by atomic mass is 10.3. The van der Waals surface area contributed by atoms with Crippen molar-refractivity contribution in [2.45, 2.75) is 6.54 Å². The van der Waals surface area contributed by atoms with Crippen molar-refractivity contribution in [3.63, 3.8) is 0 Å². The highest BCUT2D eigenvalue weighted by molar-refractivity contribution is 5.84. The lowest BCUT2D eigenvalue weighted by Crippen LogP contribution is -2.11. The van der Waals surface area contributed by atoms with Gasteiger partial charge in [0.15, 0.2) is 5.69 Å². The van der Waals surface area contributed by atoms with Crippen LogP contribution in [-0.2, 0) is 6.54 Å². The molecule has 0 unspecified atom stereocenters. The highest BCUT2D eigenvalue weighted by Crippen LogP contribution is 2.22. The van der Waals surface area contributed by atoms with Crippen LogP contribution in [0, 0.1) is 0 Å². The van der Waals surface area contributed by atoms with Crippen molar-refractivity contribution >= 4 is 11.7 Å². The Balaban J connectivity index is 1.90. The maximum absolute atomic E-state index is 10.6. The van der Waals surface area contributed by atoms with Gasteiger partial charge in [0, 0.05) is 6.54 Å². The molecule has 2 rings (SSSR count). The molecule has 2 N–H and O–H groups in total. The topological polar surface area (TPSA) is 89.3 Å². The van der Waals surface area contributed by atoms with E-state index in [-0.39, 0.29) is 5.69 Å². The number of benzene rings is 1. The minimum atomic E-state index is -1.08. The molecule has 0 bridgehead atoms. The van der Waals surface area contributed by atoms with E-state index in [9.17, 15) is 4.79 Å². The summed E-state index contributed by atoms with van der Waals surface area (Å²) in [6.07, 6.45) is 1.40. The summed E-state index contributed by atoms with van der Waals surface area (Å²) in [4.78, 5) is 10.6. The first-order valence-corrected chi connectivity index (χ1v) is 5.71. The van der Waals surface area contributed by atoms with Crippen LogP contribution in [-0.4, -0.2) is 39.7 Å². The van der Waals surface area contributed by atoms with Crippen LogP contribution in [0.3, 0.4) is 0 Å². The summed E-state index contributed by atoms with van der Waals surface area (Å²) >= 11 is 0. The Hall–Kier alpha value is -2.57. The van der Waals surface area contributed by atoms with Crippen molar-refractivity contribution in [2.24, 2.45) is 0 Å². The average molecular weight is 262 g/mol. The maximum atomic E-state index is 10.6. The Bertz CT molecular complexity index is 568. The molecule has 0 spiro atoms. The predicted molar refractivity (Wildman–Crippen MR) is 68.5 cm³/mol. The number of nitrogens with zero attached hydrogens (tertiary/aromatic N) is 3. The van der Waals surface area contributed by atoms with Crippen LogP contribution in [0.15, 0.2) is 30.5 Å². The number of rotatable bonds is 6. The number of carboxylic acids is 1. The Morgan fingerprint density at radius 3 is 2.95 bits per heavy atom. The lowest BCUT2D eigenvalue weighted by Gasteiger charge is -2.10. The first kappa shape index (κ1) is 12.9. The Labute approximate surface area is 109 Å². The smallest absolute Gasteiger partial charge is 0.358 e. The Morgan fingerprint density at radius 2 is 2.26 bits per heavy atom. The number of aromatic nitrogens is 3. The van der Waals surface area contributed by atoms with Crippen LogP contribution in [0.1, 0.15) is 10.5 Å². The summed E-state index contributed by atoms with van der Waals surface area (Å²) in [5, 5.41) is 19.2. The molecular weight excluding hydrogens is 248 g/mol. The number of nitrogens with one attached hydrogen (secondary N) is 1. The number of para-hydroxylation sites is 2. The van der Waals surface area contributed by atoms with Gasteiger partial charge in [-0.05, 0) is 12.1 Å². The Kier molecular flexibility index (Phi) is 3.97. The third kappa shape index (κ3) is 3.21. The SMILES string of the molecule is COc1ccccc1NCCn1cc(C(=O)O)nn1. The molecule has 1 heterocycles. The zero-order chi connectivity index (χ0) is 13.7. The van der Waals surface area contributed by atoms with Gasteiger partial charge in [-0.1, -0.05) is 17.3 Å². The molecule has 1 aromatic carbocycles. The number of hydrogen-bond donors (Lipinski definition) is 2. The molecular formula is C12H14N4O3. The van der Waals surface area contributed by atoms with Crippen LogP contribution < -0.4 is 10.1 Å². The van der Waals surface area contributed by atoms with E-state index in [0.29, 0.717) is 13.1 Å². The zero-order valence-corrected chi connectivity index (χ0v) is 10.4. The van der Waals surface area contributed by atoms with Gasteiger partial charge in [-0.2, -0.15) is 0 Å². The molecule has 0 saturated heterocycles. The molecule has 7 nitrogen and oxygen atoms in total. The number of aromatic carboxylic acids is 1. The van der Waals surface area contributed by atoms with E-state index in [0.717, 1.165) is 11.4 Å². The fourth-order valence-corrected chi connectivity index (χ4v) is 1.60. The van der Waals surface area contributed by atoms with Crippen molar-refractivity contribution < 1.29 is 14.6 Å². The molecule has 0 aliphatic carbocycles. The van der Waals surface area contributed by atoms with Crippen LogP contribution in [0.25, 0.3) is 0 Å². The molecule has 0 atom stereocenters. The normalized spacial score (nSPS) is 10.2. The van der Waals surface area contributed by atoms with E-state index in [1.165, 1.54) is 10.9 Å². The summed E-state index contributed by atoms with van der Waals surface area (Å²) in [6, 6.07) is 7.56. The van der Waals surface area contributed by atoms with Crippen molar-refractivity contribution in [1.29, 1.82) is 0 Å². The molecule has 0 saturated carbocycles. The number of anilines is 1. The summed E-state index contributed by atoms with van der Waals surface area (Å²) in [7, 11) is 1.61. The van der Waals surface area contributed by atoms with E-state index in [2.05, 4.69) is 15.6 Å². The highest BCUT2D eigenvalue weighted by Gasteiger charge is 2.07. The fraction of sp³-hybridized carbons (Fsp3) is 0.250. The number of carbonyl (C=O) groups is 1. The standard InChI is InChI=1S/C12H14N4O3/c1-19-11-5-3-2-4-9(11)13-6-7-16-8-10(12(17)18)14-15-16/h2-5,8,13H,6-7H2,1H3,(H,17,18). The second-order valence-electron chi connectivity index (χ2n) is 3.80. The summed E-state index contributed by atoms with van der Waals surface area (Å²) < 4.78 is 6.69. The predicted octanol–water partition coefficient (Wildman–Crippen LogP) is 1.10. The van der Waals surface area contributed by atoms with Gasteiger partial charge in [0.25, 0.3) is 0 Å². The van der Waals surface area contributed by atoms with Gasteiger partial charge < -0.3 is 15.2 Å². The van der Waals surface area contributed by atoms with Crippen molar-refractivity contribution in [3.05, 3.63) is 36.2 Å². The number of ether oxygens (including phenoxy) is 1. The van der Waals surface area contributed by atoms with Gasteiger partial charge in [-0.3, -0.25) is 0 Å². The van der Waals surface area contributed by atoms with Crippen molar-refractivity contribution in [3.8, 4) is 5.75 Å². The van der Waals surface area contributed by atoms with Gasteiger partial charge in [-0.25, -0.2) is 9.48 Å². The van der Waals surface area contributed by atoms with Crippen LogP contribution >= 0.6 is 0 Å². The number of methoxy groups -OCH3 is 1. The van der Waals surface area contributed by atoms with Crippen molar-refractivity contribution in [1.82, 2.24) is 15.0 Å². The van der Waals surface area contributed by atoms with Gasteiger partial charge in [-0.15, -0.1) is 5.10 Å². The lowest BCUT2D eigenvalue weighted by molar-refractivity contribution is 0.0690. The molecule has 0 amide bonds. The maximum Gasteiger partial charge on any atom is 0.358 e. The summed E-state index contributed by atoms with van der Waals surface area (Å²) in [5.74, 6) is -0.323. The molecule has 0 fully saturated rings. The number of carboxylic acid groups (broad SMARTS) is 1. The molecule has 2 aromatic rings. The van der Waals surface area contributed by atoms with Gasteiger partial charge >= 0.3 is 5.97 Å². The average Bonchev–Trinajstić information content (AvgIpc) is 2.88. The quantitative estimate of drug-likeness (QED) is 0.810. The second kappa shape index (κ2) is 5.85. The van der Waals surface area contributed by atoms with E-state index < -0.39 is 5.97 Å². The first-order valence-electron chi connectivity index (χ1n) is 5.71. The third-order valence-electron chi connectivity index (χ3n) is 2.52. The Morgan fingerprint density at radius 1 is 1.47 bits per heavy atom. The molecule has 100 valence electrons. The van der Waals surface area contributed by atoms with Gasteiger partial charge in [0.2, 0.25) is 0 Å². The van der Waals surface area contributed by atoms with E-state index >= 15 is 0 Å². The van der Waals surface area contributed by atoms with Crippen LogP contribution in [0.4, 0.5) is 5.69 Å². The fourth-order valence-electron chi connectivity index (χ4n) is 1.60. The molecule has 7 heteroatoms. The summed E-state index contributed by atoms with van der Waals surface area (Å²) in [5.41, 5.74) is 0.820.